The first-order chi connectivity index (χ1) is 22.6. The van der Waals surface area contributed by atoms with Crippen LogP contribution in [0.3, 0.4) is 0 Å². The smallest absolute Gasteiger partial charge is 0.137 e. The van der Waals surface area contributed by atoms with E-state index in [-0.39, 0.29) is 0 Å². The molecule has 3 aromatic heterocycles. The fourth-order valence-electron chi connectivity index (χ4n) is 6.56. The Morgan fingerprint density at radius 2 is 1.48 bits per heavy atom. The van der Waals surface area contributed by atoms with Crippen molar-refractivity contribution in [2.45, 2.75) is 59.3 Å². The molecule has 3 heterocycles. The van der Waals surface area contributed by atoms with Gasteiger partial charge in [-0.2, -0.15) is 5.10 Å². The van der Waals surface area contributed by atoms with E-state index in [1.54, 1.807) is 0 Å². The molecule has 0 N–H and O–H groups in total. The van der Waals surface area contributed by atoms with Crippen molar-refractivity contribution in [2.24, 2.45) is 0 Å². The number of aromatic nitrogens is 4. The van der Waals surface area contributed by atoms with Crippen LogP contribution in [-0.4, -0.2) is 19.3 Å². The predicted octanol–water partition coefficient (Wildman–Crippen LogP) is 10.8. The van der Waals surface area contributed by atoms with E-state index in [0.29, 0.717) is 0 Å². The first kappa shape index (κ1) is 29.5. The molecule has 0 aliphatic heterocycles. The van der Waals surface area contributed by atoms with Crippen LogP contribution in [0.2, 0.25) is 0 Å². The fraction of sp³-hybridized carbons (Fsp3) is 0.220. The maximum Gasteiger partial charge on any atom is 0.137 e. The molecular formula is C41H40N4O. The molecule has 0 fully saturated rings. The summed E-state index contributed by atoms with van der Waals surface area (Å²) in [6.07, 6.45) is 8.36. The molecule has 4 aromatic carbocycles. The molecule has 46 heavy (non-hydrogen) atoms. The van der Waals surface area contributed by atoms with Crippen molar-refractivity contribution in [1.29, 1.82) is 0 Å². The van der Waals surface area contributed by atoms with Gasteiger partial charge in [-0.1, -0.05) is 87.7 Å². The number of nitrogens with zero attached hydrogens (tertiary/aromatic N) is 4. The maximum atomic E-state index is 6.59. The average Bonchev–Trinajstić information content (AvgIpc) is 3.61. The Hall–Kier alpha value is -5.16. The highest BCUT2D eigenvalue weighted by Gasteiger charge is 2.20. The van der Waals surface area contributed by atoms with Crippen LogP contribution >= 0.6 is 0 Å². The molecule has 0 amide bonds. The van der Waals surface area contributed by atoms with Gasteiger partial charge >= 0.3 is 0 Å². The van der Waals surface area contributed by atoms with Gasteiger partial charge in [-0.05, 0) is 79.8 Å². The van der Waals surface area contributed by atoms with Crippen LogP contribution in [0.25, 0.3) is 44.4 Å². The number of unbranched alkanes of at least 4 members (excludes halogenated alkanes) is 2. The number of aryl methyl sites for hydroxylation is 2. The first-order valence-electron chi connectivity index (χ1n) is 16.5. The number of ether oxygens (including phenoxy) is 1. The lowest BCUT2D eigenvalue weighted by Gasteiger charge is -2.13. The Morgan fingerprint density at radius 3 is 2.30 bits per heavy atom. The van der Waals surface area contributed by atoms with Crippen LogP contribution in [0.1, 0.15) is 56.5 Å². The summed E-state index contributed by atoms with van der Waals surface area (Å²) in [7, 11) is 0. The molecule has 0 saturated carbocycles. The van der Waals surface area contributed by atoms with Gasteiger partial charge in [0.05, 0.1) is 28.1 Å². The molecular weight excluding hydrogens is 564 g/mol. The van der Waals surface area contributed by atoms with E-state index in [2.05, 4.69) is 127 Å². The van der Waals surface area contributed by atoms with Gasteiger partial charge in [0, 0.05) is 34.7 Å². The van der Waals surface area contributed by atoms with Crippen molar-refractivity contribution in [2.75, 3.05) is 0 Å². The van der Waals surface area contributed by atoms with Gasteiger partial charge in [0.25, 0.3) is 0 Å². The van der Waals surface area contributed by atoms with Crippen LogP contribution in [0.4, 0.5) is 0 Å². The summed E-state index contributed by atoms with van der Waals surface area (Å²) in [4.78, 5) is 4.73. The lowest BCUT2D eigenvalue weighted by molar-refractivity contribution is 0.482. The summed E-state index contributed by atoms with van der Waals surface area (Å²) >= 11 is 0. The Morgan fingerprint density at radius 1 is 0.674 bits per heavy atom. The third-order valence-electron chi connectivity index (χ3n) is 8.69. The van der Waals surface area contributed by atoms with Crippen molar-refractivity contribution in [3.8, 4) is 34.1 Å². The highest BCUT2D eigenvalue weighted by molar-refractivity contribution is 6.09. The molecule has 0 aliphatic rings. The zero-order chi connectivity index (χ0) is 31.5. The second-order valence-corrected chi connectivity index (χ2v) is 12.1. The lowest BCUT2D eigenvalue weighted by atomic mass is 9.98. The standard InChI is InChI=1S/C41H40N4O/c1-4-6-8-21-38-41(30-15-9-7-10-16-30)36(14-5-2)43-45(38)31-17-13-18-32(27-31)46-33-22-23-35-34-19-11-12-20-37(34)44(39(35)28-33)40-26-29(3)24-25-42-40/h7,9-13,15-20,22-28H,4-6,8,14,21H2,1-3H3. The van der Waals surface area contributed by atoms with Crippen molar-refractivity contribution in [1.82, 2.24) is 19.3 Å². The maximum absolute atomic E-state index is 6.59. The van der Waals surface area contributed by atoms with Crippen molar-refractivity contribution in [3.05, 3.63) is 132 Å². The average molecular weight is 605 g/mol. The molecule has 0 atom stereocenters. The van der Waals surface area contributed by atoms with E-state index in [1.807, 2.05) is 18.3 Å². The van der Waals surface area contributed by atoms with Gasteiger partial charge in [-0.25, -0.2) is 9.67 Å². The molecule has 0 bridgehead atoms. The Bertz CT molecular complexity index is 2120. The van der Waals surface area contributed by atoms with Gasteiger partial charge in [-0.3, -0.25) is 4.57 Å². The third-order valence-corrected chi connectivity index (χ3v) is 8.69. The van der Waals surface area contributed by atoms with Gasteiger partial charge < -0.3 is 4.74 Å². The first-order valence-corrected chi connectivity index (χ1v) is 16.5. The summed E-state index contributed by atoms with van der Waals surface area (Å²) in [6.45, 7) is 6.58. The van der Waals surface area contributed by atoms with Gasteiger partial charge in [0.15, 0.2) is 0 Å². The number of rotatable bonds is 11. The van der Waals surface area contributed by atoms with Crippen molar-refractivity contribution < 1.29 is 4.74 Å². The quantitative estimate of drug-likeness (QED) is 0.138. The predicted molar refractivity (Wildman–Crippen MR) is 190 cm³/mol. The third kappa shape index (κ3) is 5.69. The molecule has 230 valence electrons. The highest BCUT2D eigenvalue weighted by Crippen LogP contribution is 2.36. The molecule has 0 aliphatic carbocycles. The van der Waals surface area contributed by atoms with Crippen LogP contribution < -0.4 is 4.74 Å². The molecule has 5 nitrogen and oxygen atoms in total. The fourth-order valence-corrected chi connectivity index (χ4v) is 6.56. The van der Waals surface area contributed by atoms with Crippen LogP contribution in [0.5, 0.6) is 11.5 Å². The van der Waals surface area contributed by atoms with E-state index in [4.69, 9.17) is 14.8 Å². The minimum absolute atomic E-state index is 0.779. The molecule has 7 rings (SSSR count). The summed E-state index contributed by atoms with van der Waals surface area (Å²) in [5.74, 6) is 2.46. The topological polar surface area (TPSA) is 44.9 Å². The number of fused-ring (bicyclic) bond motifs is 3. The molecule has 5 heteroatoms. The van der Waals surface area contributed by atoms with Crippen molar-refractivity contribution in [3.63, 3.8) is 0 Å². The van der Waals surface area contributed by atoms with E-state index >= 15 is 0 Å². The monoisotopic (exact) mass is 604 g/mol. The zero-order valence-corrected chi connectivity index (χ0v) is 26.9. The number of benzene rings is 4. The van der Waals surface area contributed by atoms with Crippen LogP contribution in [0.15, 0.2) is 115 Å². The SMILES string of the molecule is CCCCCc1c(-c2ccccc2)c(CCC)nn1-c1cccc(Oc2ccc3c4ccccc4n(-c4cc(C)ccn4)c3c2)c1. The zero-order valence-electron chi connectivity index (χ0n) is 26.9. The summed E-state index contributed by atoms with van der Waals surface area (Å²) in [6, 6.07) is 38.1. The Labute approximate surface area is 271 Å². The Balaban J connectivity index is 1.29. The second-order valence-electron chi connectivity index (χ2n) is 12.1. The summed E-state index contributed by atoms with van der Waals surface area (Å²) in [5, 5.41) is 7.61. The van der Waals surface area contributed by atoms with Crippen molar-refractivity contribution >= 4 is 21.8 Å². The molecule has 0 radical (unpaired) electrons. The second kappa shape index (κ2) is 13.1. The van der Waals surface area contributed by atoms with Crippen LogP contribution in [-0.2, 0) is 12.8 Å². The van der Waals surface area contributed by atoms with Gasteiger partial charge in [-0.15, -0.1) is 0 Å². The lowest BCUT2D eigenvalue weighted by Crippen LogP contribution is -2.04. The number of para-hydroxylation sites is 1. The van der Waals surface area contributed by atoms with Gasteiger partial charge in [0.2, 0.25) is 0 Å². The largest absolute Gasteiger partial charge is 0.457 e. The summed E-state index contributed by atoms with van der Waals surface area (Å²) in [5.41, 5.74) is 9.34. The molecule has 0 unspecified atom stereocenters. The molecule has 0 spiro atoms. The normalized spacial score (nSPS) is 11.5. The Kier molecular flexibility index (Phi) is 8.39. The summed E-state index contributed by atoms with van der Waals surface area (Å²) < 4.78 is 11.0. The van der Waals surface area contributed by atoms with Gasteiger partial charge in [0.1, 0.15) is 17.3 Å². The van der Waals surface area contributed by atoms with Crippen LogP contribution in [0, 0.1) is 6.92 Å². The number of hydrogen-bond donors (Lipinski definition) is 0. The number of pyridine rings is 1. The minimum Gasteiger partial charge on any atom is -0.457 e. The number of hydrogen-bond acceptors (Lipinski definition) is 3. The van der Waals surface area contributed by atoms with E-state index in [9.17, 15) is 0 Å². The van der Waals surface area contributed by atoms with E-state index in [0.717, 1.165) is 65.4 Å². The highest BCUT2D eigenvalue weighted by atomic mass is 16.5. The molecule has 7 aromatic rings. The van der Waals surface area contributed by atoms with E-state index < -0.39 is 0 Å². The molecule has 0 saturated heterocycles. The minimum atomic E-state index is 0.779. The van der Waals surface area contributed by atoms with E-state index in [1.165, 1.54) is 46.0 Å².